The lowest BCUT2D eigenvalue weighted by molar-refractivity contribution is -0.121. The number of carbonyl (C=O) groups excluding carboxylic acids is 2. The molecule has 0 unspecified atom stereocenters. The summed E-state index contributed by atoms with van der Waals surface area (Å²) < 4.78 is 1.00. The molecule has 1 fully saturated rings. The van der Waals surface area contributed by atoms with Crippen LogP contribution in [0.3, 0.4) is 0 Å². The van der Waals surface area contributed by atoms with Gasteiger partial charge in [0.25, 0.3) is 5.91 Å². The van der Waals surface area contributed by atoms with Crippen molar-refractivity contribution in [3.05, 3.63) is 33.4 Å². The average molecular weight is 344 g/mol. The summed E-state index contributed by atoms with van der Waals surface area (Å²) in [5.74, 6) is -0.522. The smallest absolute Gasteiger partial charge is 0.254 e. The Morgan fingerprint density at radius 2 is 2.18 bits per heavy atom. The monoisotopic (exact) mass is 344 g/mol. The van der Waals surface area contributed by atoms with Gasteiger partial charge in [0.15, 0.2) is 0 Å². The van der Waals surface area contributed by atoms with Gasteiger partial charge in [-0.1, -0.05) is 6.07 Å². The molecule has 90 valence electrons. The lowest BCUT2D eigenvalue weighted by Crippen LogP contribution is -2.43. The average Bonchev–Trinajstić information content (AvgIpc) is 2.77. The number of rotatable bonds is 2. The second-order valence-electron chi connectivity index (χ2n) is 4.07. The van der Waals surface area contributed by atoms with E-state index in [1.54, 1.807) is 11.0 Å². The van der Waals surface area contributed by atoms with Crippen molar-refractivity contribution in [3.63, 3.8) is 0 Å². The molecule has 17 heavy (non-hydrogen) atoms. The van der Waals surface area contributed by atoms with Crippen molar-refractivity contribution in [2.75, 3.05) is 6.54 Å². The maximum absolute atomic E-state index is 12.2. The lowest BCUT2D eigenvalue weighted by atomic mass is 10.1. The molecule has 1 aromatic carbocycles. The van der Waals surface area contributed by atoms with E-state index in [9.17, 15) is 9.59 Å². The first-order chi connectivity index (χ1) is 8.09. The summed E-state index contributed by atoms with van der Waals surface area (Å²) in [5.41, 5.74) is 5.92. The number of benzene rings is 1. The van der Waals surface area contributed by atoms with Gasteiger partial charge in [-0.15, -0.1) is 0 Å². The molecule has 1 aliphatic heterocycles. The summed E-state index contributed by atoms with van der Waals surface area (Å²) in [6.45, 7) is 0.609. The Labute approximate surface area is 113 Å². The summed E-state index contributed by atoms with van der Waals surface area (Å²) in [6.07, 6.45) is 1.51. The molecule has 0 bridgehead atoms. The van der Waals surface area contributed by atoms with Crippen molar-refractivity contribution < 1.29 is 9.59 Å². The van der Waals surface area contributed by atoms with Crippen molar-refractivity contribution in [2.24, 2.45) is 5.73 Å². The van der Waals surface area contributed by atoms with Gasteiger partial charge in [0.2, 0.25) is 5.91 Å². The fourth-order valence-corrected chi connectivity index (χ4v) is 2.64. The highest BCUT2D eigenvalue weighted by Crippen LogP contribution is 2.20. The number of amides is 2. The van der Waals surface area contributed by atoms with Crippen molar-refractivity contribution >= 4 is 34.4 Å². The van der Waals surface area contributed by atoms with Crippen LogP contribution in [0, 0.1) is 3.57 Å². The van der Waals surface area contributed by atoms with Crippen LogP contribution in [0.2, 0.25) is 0 Å². The van der Waals surface area contributed by atoms with Crippen molar-refractivity contribution in [1.82, 2.24) is 4.90 Å². The third-order valence-corrected chi connectivity index (χ3v) is 3.58. The third-order valence-electron chi connectivity index (χ3n) is 2.91. The number of hydrogen-bond acceptors (Lipinski definition) is 2. The third kappa shape index (κ3) is 2.59. The maximum Gasteiger partial charge on any atom is 0.254 e. The van der Waals surface area contributed by atoms with Crippen molar-refractivity contribution in [3.8, 4) is 0 Å². The van der Waals surface area contributed by atoms with Crippen LogP contribution >= 0.6 is 22.6 Å². The van der Waals surface area contributed by atoms with Gasteiger partial charge in [0, 0.05) is 15.7 Å². The molecule has 1 saturated heterocycles. The SMILES string of the molecule is NC(=O)[C@H]1CCCN1C(=O)c1cccc(I)c1. The Morgan fingerprint density at radius 3 is 2.82 bits per heavy atom. The molecule has 5 heteroatoms. The zero-order chi connectivity index (χ0) is 12.4. The minimum atomic E-state index is -0.444. The number of primary amides is 1. The molecule has 2 rings (SSSR count). The van der Waals surface area contributed by atoms with Crippen LogP contribution in [0.1, 0.15) is 23.2 Å². The molecular formula is C12H13IN2O2. The van der Waals surface area contributed by atoms with Gasteiger partial charge in [-0.05, 0) is 53.6 Å². The topological polar surface area (TPSA) is 63.4 Å². The number of halogens is 1. The van der Waals surface area contributed by atoms with Gasteiger partial charge in [-0.2, -0.15) is 0 Å². The van der Waals surface area contributed by atoms with E-state index in [1.165, 1.54) is 0 Å². The molecule has 1 aliphatic rings. The van der Waals surface area contributed by atoms with Crippen LogP contribution in [0.25, 0.3) is 0 Å². The molecule has 0 aliphatic carbocycles. The normalized spacial score (nSPS) is 19.4. The summed E-state index contributed by atoms with van der Waals surface area (Å²) >= 11 is 2.16. The molecule has 2 N–H and O–H groups in total. The van der Waals surface area contributed by atoms with Gasteiger partial charge in [0.05, 0.1) is 0 Å². The summed E-state index contributed by atoms with van der Waals surface area (Å²) in [7, 11) is 0. The van der Waals surface area contributed by atoms with Crippen molar-refractivity contribution in [2.45, 2.75) is 18.9 Å². The number of nitrogens with two attached hydrogens (primary N) is 1. The Bertz CT molecular complexity index is 462. The molecule has 0 aromatic heterocycles. The van der Waals surface area contributed by atoms with Gasteiger partial charge in [0.1, 0.15) is 6.04 Å². The van der Waals surface area contributed by atoms with Crippen molar-refractivity contribution in [1.29, 1.82) is 0 Å². The number of carbonyl (C=O) groups is 2. The number of hydrogen-bond donors (Lipinski definition) is 1. The van der Waals surface area contributed by atoms with E-state index < -0.39 is 11.9 Å². The standard InChI is InChI=1S/C12H13IN2O2/c13-9-4-1-3-8(7-9)12(17)15-6-2-5-10(15)11(14)16/h1,3-4,7,10H,2,5-6H2,(H2,14,16)/t10-/m1/s1. The zero-order valence-electron chi connectivity index (χ0n) is 9.23. The second-order valence-corrected chi connectivity index (χ2v) is 5.31. The van der Waals surface area contributed by atoms with E-state index in [1.807, 2.05) is 18.2 Å². The molecule has 1 atom stereocenters. The second kappa shape index (κ2) is 5.03. The van der Waals surface area contributed by atoms with E-state index in [2.05, 4.69) is 22.6 Å². The highest BCUT2D eigenvalue weighted by Gasteiger charge is 2.32. The van der Waals surface area contributed by atoms with E-state index in [0.29, 0.717) is 18.5 Å². The molecule has 0 spiro atoms. The first-order valence-electron chi connectivity index (χ1n) is 5.45. The molecule has 0 radical (unpaired) electrons. The molecule has 1 aromatic rings. The minimum absolute atomic E-state index is 0.107. The van der Waals surface area contributed by atoms with Crippen LogP contribution in [0.5, 0.6) is 0 Å². The predicted molar refractivity (Wildman–Crippen MR) is 72.4 cm³/mol. The fraction of sp³-hybridized carbons (Fsp3) is 0.333. The predicted octanol–water partition coefficient (Wildman–Crippen LogP) is 1.38. The molecule has 4 nitrogen and oxygen atoms in total. The van der Waals surface area contributed by atoms with Crippen LogP contribution in [-0.2, 0) is 4.79 Å². The maximum atomic E-state index is 12.2. The van der Waals surface area contributed by atoms with Crippen LogP contribution in [0.4, 0.5) is 0 Å². The molecule has 0 saturated carbocycles. The molecular weight excluding hydrogens is 331 g/mol. The lowest BCUT2D eigenvalue weighted by Gasteiger charge is -2.22. The quantitative estimate of drug-likeness (QED) is 0.824. The summed E-state index contributed by atoms with van der Waals surface area (Å²) in [4.78, 5) is 25.0. The van der Waals surface area contributed by atoms with E-state index in [0.717, 1.165) is 9.99 Å². The Balaban J connectivity index is 2.23. The number of nitrogens with zero attached hydrogens (tertiary/aromatic N) is 1. The summed E-state index contributed by atoms with van der Waals surface area (Å²) in [5, 5.41) is 0. The minimum Gasteiger partial charge on any atom is -0.368 e. The van der Waals surface area contributed by atoms with Crippen LogP contribution in [-0.4, -0.2) is 29.3 Å². The van der Waals surface area contributed by atoms with Gasteiger partial charge in [-0.3, -0.25) is 9.59 Å². The van der Waals surface area contributed by atoms with Gasteiger partial charge >= 0.3 is 0 Å². The van der Waals surface area contributed by atoms with E-state index >= 15 is 0 Å². The zero-order valence-corrected chi connectivity index (χ0v) is 11.4. The Morgan fingerprint density at radius 1 is 1.41 bits per heavy atom. The highest BCUT2D eigenvalue weighted by atomic mass is 127. The largest absolute Gasteiger partial charge is 0.368 e. The number of likely N-dealkylation sites (tertiary alicyclic amines) is 1. The van der Waals surface area contributed by atoms with Crippen LogP contribution in [0.15, 0.2) is 24.3 Å². The first-order valence-corrected chi connectivity index (χ1v) is 6.53. The Hall–Kier alpha value is -1.11. The molecule has 2 amide bonds. The van der Waals surface area contributed by atoms with Gasteiger partial charge in [-0.25, -0.2) is 0 Å². The van der Waals surface area contributed by atoms with E-state index in [4.69, 9.17) is 5.73 Å². The van der Waals surface area contributed by atoms with Gasteiger partial charge < -0.3 is 10.6 Å². The van der Waals surface area contributed by atoms with E-state index in [-0.39, 0.29) is 5.91 Å². The first kappa shape index (κ1) is 12.3. The summed E-state index contributed by atoms with van der Waals surface area (Å²) in [6, 6.07) is 6.90. The fourth-order valence-electron chi connectivity index (χ4n) is 2.09. The van der Waals surface area contributed by atoms with Crippen LogP contribution < -0.4 is 5.73 Å². The Kier molecular flexibility index (Phi) is 3.66. The highest BCUT2D eigenvalue weighted by molar-refractivity contribution is 14.1. The molecule has 1 heterocycles.